The lowest BCUT2D eigenvalue weighted by molar-refractivity contribution is -0.131. The Labute approximate surface area is 115 Å². The molecule has 0 radical (unpaired) electrons. The van der Waals surface area contributed by atoms with Crippen molar-refractivity contribution in [3.05, 3.63) is 0 Å². The number of rotatable bonds is 5. The molecule has 2 saturated heterocycles. The Hall–Kier alpha value is -0.610. The van der Waals surface area contributed by atoms with E-state index in [-0.39, 0.29) is 11.7 Å². The molecule has 4 nitrogen and oxygen atoms in total. The minimum absolute atomic E-state index is 0.161. The highest BCUT2D eigenvalue weighted by molar-refractivity contribution is 5.91. The van der Waals surface area contributed by atoms with Gasteiger partial charge in [0.25, 0.3) is 0 Å². The van der Waals surface area contributed by atoms with Gasteiger partial charge in [0, 0.05) is 19.8 Å². The van der Waals surface area contributed by atoms with Gasteiger partial charge in [-0.2, -0.15) is 0 Å². The number of hydrogen-bond acceptors (Lipinski definition) is 3. The first kappa shape index (κ1) is 13.4. The Bertz CT molecular complexity index is 346. The van der Waals surface area contributed by atoms with Crippen LogP contribution in [0, 0.1) is 11.8 Å². The number of carbonyl (C=O) groups is 1. The molecule has 3 rings (SSSR count). The lowest BCUT2D eigenvalue weighted by Gasteiger charge is -2.26. The summed E-state index contributed by atoms with van der Waals surface area (Å²) in [5.41, 5.74) is -0.161. The van der Waals surface area contributed by atoms with Crippen molar-refractivity contribution in [1.29, 1.82) is 0 Å². The maximum Gasteiger partial charge on any atom is 0.244 e. The minimum Gasteiger partial charge on any atom is -0.381 e. The van der Waals surface area contributed by atoms with Gasteiger partial charge in [-0.3, -0.25) is 10.1 Å². The largest absolute Gasteiger partial charge is 0.381 e. The van der Waals surface area contributed by atoms with Gasteiger partial charge in [-0.1, -0.05) is 13.8 Å². The zero-order valence-corrected chi connectivity index (χ0v) is 12.2. The van der Waals surface area contributed by atoms with E-state index in [0.717, 1.165) is 51.9 Å². The fraction of sp³-hybridized carbons (Fsp3) is 0.933. The Morgan fingerprint density at radius 1 is 1.47 bits per heavy atom. The quantitative estimate of drug-likeness (QED) is 0.824. The first-order valence-electron chi connectivity index (χ1n) is 7.77. The van der Waals surface area contributed by atoms with Gasteiger partial charge in [0.2, 0.25) is 5.91 Å². The van der Waals surface area contributed by atoms with E-state index in [2.05, 4.69) is 24.1 Å². The summed E-state index contributed by atoms with van der Waals surface area (Å²) in [7, 11) is 0. The standard InChI is InChI=1S/C15H26N2O2/c1-11(2)9-13-16-15(5-6-15)14(18)17(13)7-3-12-4-8-19-10-12/h11-13,16H,3-10H2,1-2H3. The highest BCUT2D eigenvalue weighted by Crippen LogP contribution is 2.43. The number of nitrogens with one attached hydrogen (secondary N) is 1. The van der Waals surface area contributed by atoms with Crippen molar-refractivity contribution in [2.75, 3.05) is 19.8 Å². The number of ether oxygens (including phenoxy) is 1. The van der Waals surface area contributed by atoms with E-state index >= 15 is 0 Å². The molecule has 1 saturated carbocycles. The third kappa shape index (κ3) is 2.65. The molecule has 1 N–H and O–H groups in total. The number of amides is 1. The highest BCUT2D eigenvalue weighted by atomic mass is 16.5. The fourth-order valence-corrected chi connectivity index (χ4v) is 3.38. The number of carbonyl (C=O) groups excluding carboxylic acids is 1. The van der Waals surface area contributed by atoms with E-state index in [0.29, 0.717) is 17.7 Å². The van der Waals surface area contributed by atoms with Crippen molar-refractivity contribution in [2.24, 2.45) is 11.8 Å². The van der Waals surface area contributed by atoms with Gasteiger partial charge in [0.1, 0.15) is 0 Å². The maximum atomic E-state index is 12.5. The van der Waals surface area contributed by atoms with Crippen LogP contribution in [0.4, 0.5) is 0 Å². The second-order valence-corrected chi connectivity index (χ2v) is 6.89. The van der Waals surface area contributed by atoms with Crippen molar-refractivity contribution in [3.63, 3.8) is 0 Å². The molecule has 0 bridgehead atoms. The Morgan fingerprint density at radius 3 is 2.84 bits per heavy atom. The molecule has 2 atom stereocenters. The summed E-state index contributed by atoms with van der Waals surface area (Å²) in [5.74, 6) is 1.64. The molecule has 1 spiro atoms. The van der Waals surface area contributed by atoms with Gasteiger partial charge < -0.3 is 9.64 Å². The predicted octanol–water partition coefficient (Wildman–Crippen LogP) is 1.75. The van der Waals surface area contributed by atoms with Crippen molar-refractivity contribution >= 4 is 5.91 Å². The monoisotopic (exact) mass is 266 g/mol. The molecule has 4 heteroatoms. The summed E-state index contributed by atoms with van der Waals surface area (Å²) in [6.07, 6.45) is 5.65. The van der Waals surface area contributed by atoms with Crippen LogP contribution in [0.2, 0.25) is 0 Å². The van der Waals surface area contributed by atoms with Gasteiger partial charge in [0.05, 0.1) is 11.7 Å². The van der Waals surface area contributed by atoms with Gasteiger partial charge in [0.15, 0.2) is 0 Å². The third-order valence-electron chi connectivity index (χ3n) is 4.74. The average Bonchev–Trinajstić information content (AvgIpc) is 2.85. The summed E-state index contributed by atoms with van der Waals surface area (Å²) in [5, 5.41) is 3.59. The molecular formula is C15H26N2O2. The van der Waals surface area contributed by atoms with E-state index in [4.69, 9.17) is 4.74 Å². The number of nitrogens with zero attached hydrogens (tertiary/aromatic N) is 1. The van der Waals surface area contributed by atoms with Gasteiger partial charge in [-0.15, -0.1) is 0 Å². The van der Waals surface area contributed by atoms with Crippen LogP contribution in [0.5, 0.6) is 0 Å². The SMILES string of the molecule is CC(C)CC1NC2(CC2)C(=O)N1CCC1CCOC1. The van der Waals surface area contributed by atoms with Crippen LogP contribution >= 0.6 is 0 Å². The second-order valence-electron chi connectivity index (χ2n) is 6.89. The van der Waals surface area contributed by atoms with Crippen LogP contribution in [0.1, 0.15) is 46.0 Å². The van der Waals surface area contributed by atoms with Gasteiger partial charge >= 0.3 is 0 Å². The number of hydrogen-bond donors (Lipinski definition) is 1. The van der Waals surface area contributed by atoms with Crippen LogP contribution in [0.15, 0.2) is 0 Å². The normalized spacial score (nSPS) is 32.8. The van der Waals surface area contributed by atoms with Gasteiger partial charge in [-0.25, -0.2) is 0 Å². The van der Waals surface area contributed by atoms with E-state index in [1.807, 2.05) is 0 Å². The zero-order chi connectivity index (χ0) is 13.5. The molecule has 2 heterocycles. The van der Waals surface area contributed by atoms with Gasteiger partial charge in [-0.05, 0) is 43.9 Å². The summed E-state index contributed by atoms with van der Waals surface area (Å²) in [6, 6.07) is 0. The molecule has 2 aliphatic heterocycles. The van der Waals surface area contributed by atoms with Crippen molar-refractivity contribution in [2.45, 2.75) is 57.7 Å². The molecule has 19 heavy (non-hydrogen) atoms. The Morgan fingerprint density at radius 2 is 2.26 bits per heavy atom. The lowest BCUT2D eigenvalue weighted by Crippen LogP contribution is -2.39. The molecule has 0 aromatic heterocycles. The molecule has 0 aromatic carbocycles. The topological polar surface area (TPSA) is 41.6 Å². The van der Waals surface area contributed by atoms with Crippen molar-refractivity contribution in [3.8, 4) is 0 Å². The van der Waals surface area contributed by atoms with Crippen LogP contribution in [0.25, 0.3) is 0 Å². The second kappa shape index (κ2) is 5.06. The summed E-state index contributed by atoms with van der Waals surface area (Å²) in [6.45, 7) is 7.14. The van der Waals surface area contributed by atoms with E-state index in [1.165, 1.54) is 0 Å². The van der Waals surface area contributed by atoms with Crippen LogP contribution in [-0.2, 0) is 9.53 Å². The molecule has 108 valence electrons. The van der Waals surface area contributed by atoms with Crippen LogP contribution in [-0.4, -0.2) is 42.3 Å². The van der Waals surface area contributed by atoms with E-state index < -0.39 is 0 Å². The smallest absolute Gasteiger partial charge is 0.244 e. The Kier molecular flexibility index (Phi) is 3.56. The van der Waals surface area contributed by atoms with Crippen molar-refractivity contribution in [1.82, 2.24) is 10.2 Å². The zero-order valence-electron chi connectivity index (χ0n) is 12.2. The van der Waals surface area contributed by atoms with E-state index in [9.17, 15) is 4.79 Å². The summed E-state index contributed by atoms with van der Waals surface area (Å²) >= 11 is 0. The average molecular weight is 266 g/mol. The molecule has 2 unspecified atom stereocenters. The van der Waals surface area contributed by atoms with E-state index in [1.54, 1.807) is 0 Å². The maximum absolute atomic E-state index is 12.5. The fourth-order valence-electron chi connectivity index (χ4n) is 3.38. The lowest BCUT2D eigenvalue weighted by atomic mass is 10.0. The highest BCUT2D eigenvalue weighted by Gasteiger charge is 2.58. The van der Waals surface area contributed by atoms with Crippen LogP contribution in [0.3, 0.4) is 0 Å². The first-order valence-corrected chi connectivity index (χ1v) is 7.77. The molecule has 3 fully saturated rings. The molecule has 1 amide bonds. The van der Waals surface area contributed by atoms with Crippen LogP contribution < -0.4 is 5.32 Å². The predicted molar refractivity (Wildman–Crippen MR) is 73.6 cm³/mol. The molecule has 1 aliphatic carbocycles. The first-order chi connectivity index (χ1) is 9.11. The summed E-state index contributed by atoms with van der Waals surface area (Å²) < 4.78 is 5.42. The third-order valence-corrected chi connectivity index (χ3v) is 4.74. The molecule has 0 aromatic rings. The van der Waals surface area contributed by atoms with Crippen molar-refractivity contribution < 1.29 is 9.53 Å². The minimum atomic E-state index is -0.161. The summed E-state index contributed by atoms with van der Waals surface area (Å²) in [4.78, 5) is 14.6. The molecular weight excluding hydrogens is 240 g/mol. The Balaban J connectivity index is 1.60. The molecule has 3 aliphatic rings.